The predicted octanol–water partition coefficient (Wildman–Crippen LogP) is 3.92. The third kappa shape index (κ3) is 2.05. The summed E-state index contributed by atoms with van der Waals surface area (Å²) >= 11 is 0. The Hall–Kier alpha value is -1.52. The minimum Gasteiger partial charge on any atom is -0.332 e. The van der Waals surface area contributed by atoms with E-state index in [0.717, 1.165) is 0 Å². The second-order valence-electron chi connectivity index (χ2n) is 6.03. The Labute approximate surface area is 121 Å². The highest BCUT2D eigenvalue weighted by molar-refractivity contribution is 5.86. The molecular weight excluding hydrogens is 279 g/mol. The smallest absolute Gasteiger partial charge is 0.252 e. The molecule has 1 aromatic carbocycles. The fraction of sp³-hybridized carbons (Fsp3) is 0.562. The van der Waals surface area contributed by atoms with Crippen LogP contribution in [0.4, 0.5) is 13.2 Å². The van der Waals surface area contributed by atoms with Crippen LogP contribution in [0.25, 0.3) is 0 Å². The van der Waals surface area contributed by atoms with E-state index in [2.05, 4.69) is 0 Å². The Morgan fingerprint density at radius 3 is 2.76 bits per heavy atom. The quantitative estimate of drug-likeness (QED) is 0.828. The largest absolute Gasteiger partial charge is 0.332 e. The van der Waals surface area contributed by atoms with Crippen molar-refractivity contribution in [3.8, 4) is 0 Å². The number of hydrogen-bond donors (Lipinski definition) is 0. The Morgan fingerprint density at radius 2 is 2.14 bits per heavy atom. The van der Waals surface area contributed by atoms with E-state index in [-0.39, 0.29) is 30.7 Å². The van der Waals surface area contributed by atoms with E-state index < -0.39 is 17.7 Å². The van der Waals surface area contributed by atoms with Crippen LogP contribution in [0, 0.1) is 11.2 Å². The molecule has 21 heavy (non-hydrogen) atoms. The molecule has 3 rings (SSSR count). The number of carbonyl (C=O) groups excluding carboxylic acids is 1. The van der Waals surface area contributed by atoms with Crippen LogP contribution >= 0.6 is 0 Å². The van der Waals surface area contributed by atoms with Crippen molar-refractivity contribution in [3.63, 3.8) is 0 Å². The highest BCUT2D eigenvalue weighted by atomic mass is 19.3. The molecule has 0 aromatic heterocycles. The molecule has 3 atom stereocenters. The maximum atomic E-state index is 13.4. The molecule has 0 unspecified atom stereocenters. The van der Waals surface area contributed by atoms with Crippen molar-refractivity contribution < 1.29 is 18.0 Å². The van der Waals surface area contributed by atoms with Gasteiger partial charge in [0.15, 0.2) is 0 Å². The second-order valence-corrected chi connectivity index (χ2v) is 6.03. The minimum atomic E-state index is -2.64. The van der Waals surface area contributed by atoms with Gasteiger partial charge in [-0.15, -0.1) is 0 Å². The summed E-state index contributed by atoms with van der Waals surface area (Å²) < 4.78 is 40.3. The molecule has 0 saturated carbocycles. The van der Waals surface area contributed by atoms with Gasteiger partial charge in [0.25, 0.3) is 6.43 Å². The molecule has 114 valence electrons. The average Bonchev–Trinajstić information content (AvgIpc) is 2.98. The molecule has 1 aromatic rings. The number of carbonyl (C=O) groups is 1. The first-order chi connectivity index (χ1) is 9.99. The second kappa shape index (κ2) is 5.04. The van der Waals surface area contributed by atoms with Gasteiger partial charge in [-0.3, -0.25) is 4.79 Å². The van der Waals surface area contributed by atoms with Gasteiger partial charge in [-0.2, -0.15) is 0 Å². The zero-order valence-corrected chi connectivity index (χ0v) is 11.9. The van der Waals surface area contributed by atoms with Crippen LogP contribution in [0.2, 0.25) is 0 Å². The summed E-state index contributed by atoms with van der Waals surface area (Å²) in [4.78, 5) is 14.2. The van der Waals surface area contributed by atoms with Gasteiger partial charge in [0, 0.05) is 6.04 Å². The monoisotopic (exact) mass is 297 g/mol. The zero-order chi connectivity index (χ0) is 15.2. The molecule has 0 bridgehead atoms. The summed E-state index contributed by atoms with van der Waals surface area (Å²) in [7, 11) is 0. The molecule has 0 N–H and O–H groups in total. The van der Waals surface area contributed by atoms with Gasteiger partial charge in [0.2, 0.25) is 5.91 Å². The number of hydrogen-bond acceptors (Lipinski definition) is 1. The van der Waals surface area contributed by atoms with Crippen LogP contribution in [0.15, 0.2) is 24.3 Å². The van der Waals surface area contributed by atoms with Crippen LogP contribution in [-0.2, 0) is 4.79 Å². The van der Waals surface area contributed by atoms with Crippen molar-refractivity contribution >= 4 is 5.91 Å². The van der Waals surface area contributed by atoms with Crippen LogP contribution in [0.5, 0.6) is 0 Å². The van der Waals surface area contributed by atoms with Gasteiger partial charge < -0.3 is 4.90 Å². The molecule has 2 fully saturated rings. The van der Waals surface area contributed by atoms with Gasteiger partial charge in [0.05, 0.1) is 6.04 Å². The Balaban J connectivity index is 1.94. The van der Waals surface area contributed by atoms with Crippen LogP contribution in [0.3, 0.4) is 0 Å². The first kappa shape index (κ1) is 14.4. The summed E-state index contributed by atoms with van der Waals surface area (Å²) in [5, 5.41) is 0. The van der Waals surface area contributed by atoms with E-state index in [4.69, 9.17) is 0 Å². The van der Waals surface area contributed by atoms with E-state index in [1.165, 1.54) is 12.1 Å². The fourth-order valence-corrected chi connectivity index (χ4v) is 3.83. The molecule has 5 heteroatoms. The van der Waals surface area contributed by atoms with E-state index in [1.807, 2.05) is 0 Å². The van der Waals surface area contributed by atoms with Crippen LogP contribution in [0.1, 0.15) is 44.2 Å². The average molecular weight is 297 g/mol. The van der Waals surface area contributed by atoms with E-state index in [1.54, 1.807) is 24.0 Å². The molecule has 2 aliphatic heterocycles. The van der Waals surface area contributed by atoms with Gasteiger partial charge >= 0.3 is 0 Å². The number of halogens is 3. The van der Waals surface area contributed by atoms with Gasteiger partial charge in [-0.05, 0) is 43.4 Å². The van der Waals surface area contributed by atoms with Gasteiger partial charge in [0.1, 0.15) is 11.2 Å². The summed E-state index contributed by atoms with van der Waals surface area (Å²) in [6.45, 7) is 1.64. The number of rotatable bonds is 3. The van der Waals surface area contributed by atoms with Crippen LogP contribution < -0.4 is 0 Å². The first-order valence-corrected chi connectivity index (χ1v) is 7.36. The lowest BCUT2D eigenvalue weighted by Crippen LogP contribution is -2.40. The highest BCUT2D eigenvalue weighted by Gasteiger charge is 2.59. The van der Waals surface area contributed by atoms with Gasteiger partial charge in [-0.25, -0.2) is 13.2 Å². The van der Waals surface area contributed by atoms with Crippen LogP contribution in [-0.4, -0.2) is 23.3 Å². The molecule has 2 nitrogen and oxygen atoms in total. The lowest BCUT2D eigenvalue weighted by molar-refractivity contribution is -0.146. The lowest BCUT2D eigenvalue weighted by Gasteiger charge is -2.29. The normalized spacial score (nSPS) is 32.0. The molecule has 0 aliphatic carbocycles. The zero-order valence-electron chi connectivity index (χ0n) is 11.9. The molecular formula is C16H18F3NO. The minimum absolute atomic E-state index is 0.139. The molecule has 0 spiro atoms. The van der Waals surface area contributed by atoms with Crippen molar-refractivity contribution in [3.05, 3.63) is 35.6 Å². The standard InChI is InChI=1S/C16H18F3NO/c1-2-16(14(18)19)9-12-6-7-13(20(12)15(16)21)10-4-3-5-11(17)8-10/h3-5,8,12-14H,2,6-7,9H2,1H3/t12-,13-,16-/m1/s1. The fourth-order valence-electron chi connectivity index (χ4n) is 3.83. The van der Waals surface area contributed by atoms with Crippen molar-refractivity contribution in [2.24, 2.45) is 5.41 Å². The van der Waals surface area contributed by atoms with E-state index in [0.29, 0.717) is 18.4 Å². The Kier molecular flexibility index (Phi) is 3.46. The van der Waals surface area contributed by atoms with E-state index >= 15 is 0 Å². The lowest BCUT2D eigenvalue weighted by atomic mass is 9.81. The molecule has 1 amide bonds. The maximum Gasteiger partial charge on any atom is 0.252 e. The molecule has 0 radical (unpaired) electrons. The third-order valence-electron chi connectivity index (χ3n) is 5.04. The van der Waals surface area contributed by atoms with Gasteiger partial charge in [-0.1, -0.05) is 19.1 Å². The molecule has 2 heterocycles. The summed E-state index contributed by atoms with van der Waals surface area (Å²) in [6.07, 6.45) is -0.864. The van der Waals surface area contributed by atoms with Crippen molar-refractivity contribution in [1.29, 1.82) is 0 Å². The van der Waals surface area contributed by atoms with Crippen molar-refractivity contribution in [1.82, 2.24) is 4.90 Å². The predicted molar refractivity (Wildman–Crippen MR) is 72.4 cm³/mol. The summed E-state index contributed by atoms with van der Waals surface area (Å²) in [5.41, 5.74) is -0.844. The summed E-state index contributed by atoms with van der Waals surface area (Å²) in [5.74, 6) is -0.824. The first-order valence-electron chi connectivity index (χ1n) is 7.36. The summed E-state index contributed by atoms with van der Waals surface area (Å²) in [6, 6.07) is 5.69. The number of alkyl halides is 2. The molecule has 2 aliphatic rings. The van der Waals surface area contributed by atoms with E-state index in [9.17, 15) is 18.0 Å². The molecule has 2 saturated heterocycles. The highest BCUT2D eigenvalue weighted by Crippen LogP contribution is 2.52. The number of fused-ring (bicyclic) bond motifs is 1. The maximum absolute atomic E-state index is 13.4. The Bertz CT molecular complexity index is 562. The SMILES string of the molecule is CC[C@]1(C(F)F)C[C@H]2CC[C@H](c3cccc(F)c3)N2C1=O. The topological polar surface area (TPSA) is 20.3 Å². The number of amides is 1. The number of nitrogens with zero attached hydrogens (tertiary/aromatic N) is 1. The van der Waals surface area contributed by atoms with Crippen molar-refractivity contribution in [2.75, 3.05) is 0 Å². The Morgan fingerprint density at radius 1 is 1.38 bits per heavy atom. The number of benzene rings is 1. The third-order valence-corrected chi connectivity index (χ3v) is 5.04. The van der Waals surface area contributed by atoms with Crippen molar-refractivity contribution in [2.45, 2.75) is 51.1 Å².